The maximum absolute atomic E-state index is 12.6. The van der Waals surface area contributed by atoms with Crippen LogP contribution in [0.3, 0.4) is 0 Å². The second-order valence-electron chi connectivity index (χ2n) is 7.35. The van der Waals surface area contributed by atoms with Crippen molar-refractivity contribution in [3.8, 4) is 0 Å². The maximum Gasteiger partial charge on any atom is 0.490 e. The molecule has 0 spiro atoms. The van der Waals surface area contributed by atoms with Gasteiger partial charge in [-0.2, -0.15) is 13.2 Å². The third-order valence-electron chi connectivity index (χ3n) is 5.38. The first-order valence-corrected chi connectivity index (χ1v) is 9.41. The molecule has 2 saturated heterocycles. The van der Waals surface area contributed by atoms with E-state index in [2.05, 4.69) is 5.32 Å². The summed E-state index contributed by atoms with van der Waals surface area (Å²) >= 11 is 0. The number of alkyl halides is 3. The summed E-state index contributed by atoms with van der Waals surface area (Å²) in [5, 5.41) is 10.2. The topological polar surface area (TPSA) is 143 Å². The number of amides is 3. The number of rotatable bonds is 6. The Balaban J connectivity index is 0.000000633. The first-order chi connectivity index (χ1) is 14.7. The molecule has 0 aromatic rings. The molecule has 2 rings (SSSR count). The van der Waals surface area contributed by atoms with Gasteiger partial charge >= 0.3 is 18.1 Å². The number of imide groups is 1. The highest BCUT2D eigenvalue weighted by Crippen LogP contribution is 2.43. The number of carboxylic acids is 1. The minimum Gasteiger partial charge on any atom is -0.475 e. The molecule has 3 amide bonds. The van der Waals surface area contributed by atoms with Crippen LogP contribution in [0.15, 0.2) is 0 Å². The molecular formula is C18H26F3N3O8. The molecule has 2 aliphatic heterocycles. The summed E-state index contributed by atoms with van der Waals surface area (Å²) in [6, 6.07) is -0.531. The summed E-state index contributed by atoms with van der Waals surface area (Å²) in [4.78, 5) is 61.0. The maximum atomic E-state index is 12.6. The van der Waals surface area contributed by atoms with Gasteiger partial charge in [0, 0.05) is 33.3 Å². The van der Waals surface area contributed by atoms with Crippen molar-refractivity contribution in [3.05, 3.63) is 0 Å². The molecule has 0 saturated carbocycles. The van der Waals surface area contributed by atoms with Crippen LogP contribution in [0.25, 0.3) is 0 Å². The third kappa shape index (κ3) is 5.35. The summed E-state index contributed by atoms with van der Waals surface area (Å²) < 4.78 is 41.5. The fraction of sp³-hybridized carbons (Fsp3) is 0.722. The number of hydrogen-bond donors (Lipinski definition) is 2. The summed E-state index contributed by atoms with van der Waals surface area (Å²) in [6.07, 6.45) is -5.08. The van der Waals surface area contributed by atoms with Crippen molar-refractivity contribution in [2.75, 3.05) is 41.0 Å². The van der Waals surface area contributed by atoms with Gasteiger partial charge in [-0.05, 0) is 13.8 Å². The third-order valence-corrected chi connectivity index (χ3v) is 5.38. The zero-order valence-electron chi connectivity index (χ0n) is 18.2. The Kier molecular flexibility index (Phi) is 8.74. The number of likely N-dealkylation sites (N-methyl/N-ethyl adjacent to an activating group) is 1. The highest BCUT2D eigenvalue weighted by Gasteiger charge is 2.66. The fourth-order valence-electron chi connectivity index (χ4n) is 3.83. The predicted octanol–water partition coefficient (Wildman–Crippen LogP) is -0.751. The highest BCUT2D eigenvalue weighted by atomic mass is 19.4. The number of esters is 1. The Labute approximate surface area is 181 Å². The van der Waals surface area contributed by atoms with E-state index in [-0.39, 0.29) is 25.0 Å². The van der Waals surface area contributed by atoms with Gasteiger partial charge < -0.3 is 19.5 Å². The first-order valence-electron chi connectivity index (χ1n) is 9.41. The van der Waals surface area contributed by atoms with Crippen LogP contribution in [0.4, 0.5) is 13.2 Å². The van der Waals surface area contributed by atoms with Crippen LogP contribution in [-0.2, 0) is 33.4 Å². The Morgan fingerprint density at radius 1 is 1.22 bits per heavy atom. The number of carbonyl (C=O) groups excluding carboxylic acids is 4. The zero-order chi connectivity index (χ0) is 25.0. The standard InChI is InChI=1S/C16H25N3O6.C2HF3O2/c1-6-19(10(20)8-24-4)7-9-11-12(14(22)18(3)13(11)21)16(2,17-9)15(23)25-5;3-2(4,5)1(6)7/h9,11-12,17H,6-8H2,1-5H3;(H,6,7)/t9-,11+,12-,16-;/m1./s1. The number of methoxy groups -OCH3 is 2. The van der Waals surface area contributed by atoms with E-state index >= 15 is 0 Å². The molecule has 0 aromatic heterocycles. The lowest BCUT2D eigenvalue weighted by Crippen LogP contribution is -2.56. The summed E-state index contributed by atoms with van der Waals surface area (Å²) in [7, 11) is 4.08. The normalized spacial score (nSPS) is 26.9. The predicted molar refractivity (Wildman–Crippen MR) is 99.9 cm³/mol. The van der Waals surface area contributed by atoms with Crippen molar-refractivity contribution in [1.82, 2.24) is 15.1 Å². The average Bonchev–Trinajstić information content (AvgIpc) is 3.13. The molecule has 0 bridgehead atoms. The van der Waals surface area contributed by atoms with Crippen molar-refractivity contribution >= 4 is 29.7 Å². The van der Waals surface area contributed by atoms with Gasteiger partial charge in [0.15, 0.2) is 0 Å². The lowest BCUT2D eigenvalue weighted by atomic mass is 9.81. The van der Waals surface area contributed by atoms with Gasteiger partial charge in [0.25, 0.3) is 0 Å². The number of halogens is 3. The number of ether oxygens (including phenoxy) is 2. The van der Waals surface area contributed by atoms with Crippen LogP contribution < -0.4 is 5.32 Å². The van der Waals surface area contributed by atoms with E-state index in [4.69, 9.17) is 19.4 Å². The van der Waals surface area contributed by atoms with Crippen LogP contribution in [-0.4, -0.2) is 103 Å². The summed E-state index contributed by atoms with van der Waals surface area (Å²) in [5.41, 5.74) is -1.31. The second kappa shape index (κ2) is 10.3. The zero-order valence-corrected chi connectivity index (χ0v) is 18.2. The van der Waals surface area contributed by atoms with Crippen LogP contribution in [0.5, 0.6) is 0 Å². The summed E-state index contributed by atoms with van der Waals surface area (Å²) in [5.74, 6) is -5.91. The average molecular weight is 469 g/mol. The minimum atomic E-state index is -5.08. The molecule has 32 heavy (non-hydrogen) atoms. The van der Waals surface area contributed by atoms with Gasteiger partial charge in [0.1, 0.15) is 12.1 Å². The van der Waals surface area contributed by atoms with Gasteiger partial charge in [-0.3, -0.25) is 29.4 Å². The highest BCUT2D eigenvalue weighted by molar-refractivity contribution is 6.09. The van der Waals surface area contributed by atoms with Gasteiger partial charge in [0.05, 0.1) is 18.9 Å². The SMILES string of the molecule is CCN(C[C@H]1N[C@@](C)(C(=O)OC)[C@H]2C(=O)N(C)C(=O)[C@@H]12)C(=O)COC.O=C(O)C(F)(F)F. The van der Waals surface area contributed by atoms with Crippen molar-refractivity contribution in [1.29, 1.82) is 0 Å². The monoisotopic (exact) mass is 469 g/mol. The molecular weight excluding hydrogens is 443 g/mol. The number of aliphatic carboxylic acids is 1. The number of fused-ring (bicyclic) bond motifs is 1. The molecule has 0 unspecified atom stereocenters. The number of carboxylic acid groups (broad SMARTS) is 1. The molecule has 2 aliphatic rings. The number of carbonyl (C=O) groups is 5. The second-order valence-corrected chi connectivity index (χ2v) is 7.35. The van der Waals surface area contributed by atoms with Crippen LogP contribution in [0, 0.1) is 11.8 Å². The van der Waals surface area contributed by atoms with Crippen LogP contribution in [0.2, 0.25) is 0 Å². The molecule has 11 nitrogen and oxygen atoms in total. The van der Waals surface area contributed by atoms with Gasteiger partial charge in [0.2, 0.25) is 17.7 Å². The van der Waals surface area contributed by atoms with E-state index in [9.17, 15) is 32.3 Å². The fourth-order valence-corrected chi connectivity index (χ4v) is 3.83. The van der Waals surface area contributed by atoms with Crippen molar-refractivity contribution < 1.29 is 51.7 Å². The first kappa shape index (κ1) is 27.3. The summed E-state index contributed by atoms with van der Waals surface area (Å²) in [6.45, 7) is 3.92. The molecule has 0 radical (unpaired) electrons. The Morgan fingerprint density at radius 3 is 2.16 bits per heavy atom. The molecule has 0 aromatic carbocycles. The molecule has 14 heteroatoms. The van der Waals surface area contributed by atoms with E-state index in [1.807, 2.05) is 6.92 Å². The Bertz CT molecular complexity index is 775. The van der Waals surface area contributed by atoms with Crippen molar-refractivity contribution in [3.63, 3.8) is 0 Å². The van der Waals surface area contributed by atoms with Crippen molar-refractivity contribution in [2.45, 2.75) is 31.6 Å². The molecule has 4 atom stereocenters. The van der Waals surface area contributed by atoms with E-state index < -0.39 is 47.4 Å². The number of hydrogen-bond acceptors (Lipinski definition) is 8. The molecule has 2 N–H and O–H groups in total. The van der Waals surface area contributed by atoms with Crippen LogP contribution >= 0.6 is 0 Å². The molecule has 0 aliphatic carbocycles. The number of nitrogens with zero attached hydrogens (tertiary/aromatic N) is 2. The Hall–Kier alpha value is -2.74. The van der Waals surface area contributed by atoms with Gasteiger partial charge in [-0.15, -0.1) is 0 Å². The van der Waals surface area contributed by atoms with Gasteiger partial charge in [-0.25, -0.2) is 4.79 Å². The quantitative estimate of drug-likeness (QED) is 0.379. The van der Waals surface area contributed by atoms with Crippen molar-refractivity contribution in [2.24, 2.45) is 11.8 Å². The van der Waals surface area contributed by atoms with E-state index in [0.717, 1.165) is 4.90 Å². The lowest BCUT2D eigenvalue weighted by Gasteiger charge is -2.30. The van der Waals surface area contributed by atoms with Gasteiger partial charge in [-0.1, -0.05) is 0 Å². The van der Waals surface area contributed by atoms with E-state index in [1.54, 1.807) is 6.92 Å². The molecule has 2 heterocycles. The molecule has 2 fully saturated rings. The van der Waals surface area contributed by atoms with E-state index in [1.165, 1.54) is 26.2 Å². The smallest absolute Gasteiger partial charge is 0.475 e. The number of nitrogens with one attached hydrogen (secondary N) is 1. The number of likely N-dealkylation sites (tertiary alicyclic amines) is 1. The van der Waals surface area contributed by atoms with Crippen LogP contribution in [0.1, 0.15) is 13.8 Å². The molecule has 182 valence electrons. The Morgan fingerprint density at radius 2 is 1.75 bits per heavy atom. The lowest BCUT2D eigenvalue weighted by molar-refractivity contribution is -0.192. The largest absolute Gasteiger partial charge is 0.490 e. The van der Waals surface area contributed by atoms with E-state index in [0.29, 0.717) is 6.54 Å². The minimum absolute atomic E-state index is 0.0737.